The van der Waals surface area contributed by atoms with Gasteiger partial charge < -0.3 is 10.5 Å². The number of hydrogen-bond donors (Lipinski definition) is 1. The fourth-order valence-corrected chi connectivity index (χ4v) is 0.839. The minimum atomic E-state index is -0.203. The second-order valence-corrected chi connectivity index (χ2v) is 3.13. The van der Waals surface area contributed by atoms with Crippen LogP contribution in [0.25, 0.3) is 0 Å². The van der Waals surface area contributed by atoms with Crippen LogP contribution in [-0.2, 0) is 4.74 Å². The Balaban J connectivity index is 3.71. The average Bonchev–Trinajstić information content (AvgIpc) is 1.63. The van der Waals surface area contributed by atoms with Gasteiger partial charge in [0.05, 0.1) is 10.6 Å². The van der Waals surface area contributed by atoms with Crippen molar-refractivity contribution in [1.29, 1.82) is 0 Å². The van der Waals surface area contributed by atoms with E-state index in [0.717, 1.165) is 0 Å². The normalized spacial score (nSPS) is 11.4. The molecular formula is C6H13NOS. The van der Waals surface area contributed by atoms with Gasteiger partial charge in [0, 0.05) is 13.5 Å². The maximum absolute atomic E-state index is 5.31. The van der Waals surface area contributed by atoms with E-state index < -0.39 is 0 Å². The molecule has 0 radical (unpaired) electrons. The van der Waals surface area contributed by atoms with E-state index in [1.807, 2.05) is 13.8 Å². The molecule has 0 spiro atoms. The van der Waals surface area contributed by atoms with Crippen LogP contribution in [0, 0.1) is 0 Å². The highest BCUT2D eigenvalue weighted by Gasteiger charge is 2.16. The zero-order valence-corrected chi connectivity index (χ0v) is 6.92. The van der Waals surface area contributed by atoms with Gasteiger partial charge in [-0.1, -0.05) is 12.2 Å². The number of nitrogens with two attached hydrogens (primary N) is 1. The van der Waals surface area contributed by atoms with E-state index in [1.165, 1.54) is 0 Å². The fourth-order valence-electron chi connectivity index (χ4n) is 0.492. The Morgan fingerprint density at radius 3 is 2.22 bits per heavy atom. The lowest BCUT2D eigenvalue weighted by atomic mass is 10.1. The zero-order valence-electron chi connectivity index (χ0n) is 6.10. The zero-order chi connectivity index (χ0) is 7.49. The summed E-state index contributed by atoms with van der Waals surface area (Å²) < 4.78 is 5.08. The van der Waals surface area contributed by atoms with Crippen molar-refractivity contribution in [2.45, 2.75) is 25.9 Å². The molecule has 0 heterocycles. The summed E-state index contributed by atoms with van der Waals surface area (Å²) >= 11 is 4.71. The van der Waals surface area contributed by atoms with Gasteiger partial charge in [-0.05, 0) is 13.8 Å². The van der Waals surface area contributed by atoms with Crippen molar-refractivity contribution >= 4 is 17.2 Å². The van der Waals surface area contributed by atoms with Crippen LogP contribution in [0.4, 0.5) is 0 Å². The quantitative estimate of drug-likeness (QED) is 0.607. The highest BCUT2D eigenvalue weighted by molar-refractivity contribution is 7.80. The summed E-state index contributed by atoms with van der Waals surface area (Å²) in [5.41, 5.74) is 5.10. The summed E-state index contributed by atoms with van der Waals surface area (Å²) in [7, 11) is 1.65. The molecule has 0 unspecified atom stereocenters. The molecule has 0 aliphatic carbocycles. The van der Waals surface area contributed by atoms with Crippen molar-refractivity contribution in [3.05, 3.63) is 0 Å². The molecule has 0 amide bonds. The Morgan fingerprint density at radius 1 is 1.67 bits per heavy atom. The molecule has 0 aromatic heterocycles. The number of hydrogen-bond acceptors (Lipinski definition) is 2. The van der Waals surface area contributed by atoms with E-state index in [1.54, 1.807) is 7.11 Å². The summed E-state index contributed by atoms with van der Waals surface area (Å²) in [6.07, 6.45) is 0.638. The highest BCUT2D eigenvalue weighted by atomic mass is 32.1. The number of thiocarbonyl (C=S) groups is 1. The lowest BCUT2D eigenvalue weighted by Gasteiger charge is -2.21. The monoisotopic (exact) mass is 147 g/mol. The summed E-state index contributed by atoms with van der Waals surface area (Å²) in [6.45, 7) is 3.90. The Labute approximate surface area is 61.4 Å². The topological polar surface area (TPSA) is 35.2 Å². The third-order valence-electron chi connectivity index (χ3n) is 1.15. The van der Waals surface area contributed by atoms with Gasteiger partial charge >= 0.3 is 0 Å². The van der Waals surface area contributed by atoms with Crippen LogP contribution in [-0.4, -0.2) is 17.7 Å². The molecule has 0 aliphatic rings. The summed E-state index contributed by atoms with van der Waals surface area (Å²) in [5, 5.41) is 0. The Bertz CT molecular complexity index is 112. The molecule has 0 aromatic rings. The van der Waals surface area contributed by atoms with Crippen molar-refractivity contribution in [2.75, 3.05) is 7.11 Å². The Hall–Kier alpha value is -0.150. The lowest BCUT2D eigenvalue weighted by molar-refractivity contribution is 0.0295. The molecule has 54 valence electrons. The minimum Gasteiger partial charge on any atom is -0.393 e. The number of ether oxygens (including phenoxy) is 1. The van der Waals surface area contributed by atoms with Crippen LogP contribution in [0.2, 0.25) is 0 Å². The van der Waals surface area contributed by atoms with Crippen molar-refractivity contribution < 1.29 is 4.74 Å². The first-order valence-electron chi connectivity index (χ1n) is 2.81. The number of rotatable bonds is 3. The minimum absolute atomic E-state index is 0.203. The molecule has 0 bridgehead atoms. The van der Waals surface area contributed by atoms with Gasteiger partial charge in [-0.3, -0.25) is 0 Å². The van der Waals surface area contributed by atoms with E-state index in [4.69, 9.17) is 22.7 Å². The van der Waals surface area contributed by atoms with E-state index in [-0.39, 0.29) is 5.60 Å². The first-order chi connectivity index (χ1) is 3.98. The standard InChI is InChI=1S/C6H13NOS/c1-6(2,8-3)4-5(7)9/h4H2,1-3H3,(H2,7,9). The second-order valence-electron chi connectivity index (χ2n) is 2.61. The summed E-state index contributed by atoms with van der Waals surface area (Å²) in [6, 6.07) is 0. The molecule has 0 saturated heterocycles. The predicted molar refractivity (Wildman–Crippen MR) is 42.5 cm³/mol. The van der Waals surface area contributed by atoms with Crippen LogP contribution >= 0.6 is 12.2 Å². The molecule has 9 heavy (non-hydrogen) atoms. The van der Waals surface area contributed by atoms with Crippen LogP contribution in [0.1, 0.15) is 20.3 Å². The molecule has 0 atom stereocenters. The molecule has 0 saturated carbocycles. The van der Waals surface area contributed by atoms with Crippen molar-refractivity contribution in [3.63, 3.8) is 0 Å². The lowest BCUT2D eigenvalue weighted by Crippen LogP contribution is -2.28. The van der Waals surface area contributed by atoms with Gasteiger partial charge in [0.2, 0.25) is 0 Å². The molecule has 3 heteroatoms. The van der Waals surface area contributed by atoms with Crippen molar-refractivity contribution in [3.8, 4) is 0 Å². The molecule has 0 aliphatic heterocycles. The van der Waals surface area contributed by atoms with Gasteiger partial charge in [-0.2, -0.15) is 0 Å². The smallest absolute Gasteiger partial charge is 0.0756 e. The van der Waals surface area contributed by atoms with E-state index in [9.17, 15) is 0 Å². The highest BCUT2D eigenvalue weighted by Crippen LogP contribution is 2.11. The van der Waals surface area contributed by atoms with Gasteiger partial charge in [0.25, 0.3) is 0 Å². The van der Waals surface area contributed by atoms with E-state index in [0.29, 0.717) is 11.4 Å². The van der Waals surface area contributed by atoms with Gasteiger partial charge in [0.1, 0.15) is 0 Å². The van der Waals surface area contributed by atoms with Gasteiger partial charge in [-0.25, -0.2) is 0 Å². The first kappa shape index (κ1) is 8.85. The molecule has 0 fully saturated rings. The van der Waals surface area contributed by atoms with E-state index in [2.05, 4.69) is 0 Å². The molecule has 0 rings (SSSR count). The van der Waals surface area contributed by atoms with Crippen LogP contribution in [0.5, 0.6) is 0 Å². The second kappa shape index (κ2) is 3.13. The predicted octanol–water partition coefficient (Wildman–Crippen LogP) is 1.09. The maximum atomic E-state index is 5.31. The van der Waals surface area contributed by atoms with E-state index >= 15 is 0 Å². The largest absolute Gasteiger partial charge is 0.393 e. The van der Waals surface area contributed by atoms with Crippen LogP contribution < -0.4 is 5.73 Å². The molecular weight excluding hydrogens is 134 g/mol. The van der Waals surface area contributed by atoms with Crippen molar-refractivity contribution in [1.82, 2.24) is 0 Å². The third-order valence-corrected chi connectivity index (χ3v) is 1.30. The third kappa shape index (κ3) is 4.36. The fraction of sp³-hybridized carbons (Fsp3) is 0.833. The first-order valence-corrected chi connectivity index (χ1v) is 3.22. The summed E-state index contributed by atoms with van der Waals surface area (Å²) in [4.78, 5) is 0.502. The van der Waals surface area contributed by atoms with Gasteiger partial charge in [-0.15, -0.1) is 0 Å². The van der Waals surface area contributed by atoms with Crippen LogP contribution in [0.15, 0.2) is 0 Å². The molecule has 2 N–H and O–H groups in total. The van der Waals surface area contributed by atoms with Crippen LogP contribution in [0.3, 0.4) is 0 Å². The molecule has 2 nitrogen and oxygen atoms in total. The SMILES string of the molecule is COC(C)(C)CC(N)=S. The summed E-state index contributed by atoms with van der Waals surface area (Å²) in [5.74, 6) is 0. The number of methoxy groups -OCH3 is 1. The van der Waals surface area contributed by atoms with Crippen molar-refractivity contribution in [2.24, 2.45) is 5.73 Å². The Morgan fingerprint density at radius 2 is 2.11 bits per heavy atom. The Kier molecular flexibility index (Phi) is 3.08. The average molecular weight is 147 g/mol. The molecule has 0 aromatic carbocycles. The van der Waals surface area contributed by atoms with Gasteiger partial charge in [0.15, 0.2) is 0 Å². The maximum Gasteiger partial charge on any atom is 0.0756 e.